The Morgan fingerprint density at radius 1 is 0.696 bits per heavy atom. The number of carboxylic acid groups (broad SMARTS) is 2. The maximum atomic E-state index is 10.0. The summed E-state index contributed by atoms with van der Waals surface area (Å²) < 4.78 is 0. The summed E-state index contributed by atoms with van der Waals surface area (Å²) in [5.41, 5.74) is 0. The first-order valence-electron chi connectivity index (χ1n) is 8.29. The summed E-state index contributed by atoms with van der Waals surface area (Å²) in [6.45, 7) is 4.30. The quantitative estimate of drug-likeness (QED) is 0.216. The van der Waals surface area contributed by atoms with E-state index in [9.17, 15) is 9.59 Å². The molecule has 0 aromatic carbocycles. The van der Waals surface area contributed by atoms with Crippen molar-refractivity contribution in [1.29, 1.82) is 0 Å². The molecule has 4 nitrogen and oxygen atoms in total. The van der Waals surface area contributed by atoms with Crippen molar-refractivity contribution in [3.63, 3.8) is 0 Å². The molecule has 23 heavy (non-hydrogen) atoms. The first-order valence-corrected chi connectivity index (χ1v) is 18.7. The number of hydrogen-bond donors (Lipinski definition) is 2. The molecule has 0 aromatic rings. The fourth-order valence-corrected chi connectivity index (χ4v) is 1.76. The molecule has 0 radical (unpaired) electrons. The van der Waals surface area contributed by atoms with E-state index in [1.807, 2.05) is 0 Å². The Balaban J connectivity index is -0.000000297. The summed E-state index contributed by atoms with van der Waals surface area (Å²) in [7, 11) is 0. The van der Waals surface area contributed by atoms with Gasteiger partial charge in [-0.2, -0.15) is 0 Å². The molecular formula is C16H32Br2O4Te. The summed E-state index contributed by atoms with van der Waals surface area (Å²) in [5.74, 6) is -1.34. The first-order chi connectivity index (χ1) is 11.0. The second kappa shape index (κ2) is 27.5. The third-order valence-corrected chi connectivity index (χ3v) is 2.99. The van der Waals surface area contributed by atoms with E-state index in [1.165, 1.54) is 38.5 Å². The maximum absolute atomic E-state index is 10.0. The molecule has 0 bridgehead atoms. The van der Waals surface area contributed by atoms with Crippen LogP contribution in [0.15, 0.2) is 0 Å². The fraction of sp³-hybridized carbons (Fsp3) is 0.875. The van der Waals surface area contributed by atoms with Crippen molar-refractivity contribution < 1.29 is 19.8 Å². The van der Waals surface area contributed by atoms with E-state index in [-0.39, 0.29) is 16.5 Å². The molecule has 0 spiro atoms. The van der Waals surface area contributed by atoms with E-state index in [0.717, 1.165) is 25.7 Å². The standard InChI is InChI=1S/2C8H16O2.Br2Te/c2*1-2-3-4-5-6-7-8(9)10;1-3-2/h2*2-7H2,1H3,(H,9,10);. The van der Waals surface area contributed by atoms with Crippen molar-refractivity contribution in [2.75, 3.05) is 0 Å². The summed E-state index contributed by atoms with van der Waals surface area (Å²) in [6.07, 6.45) is 11.8. The average Bonchev–Trinajstić information content (AvgIpc) is 2.48. The van der Waals surface area contributed by atoms with Crippen molar-refractivity contribution in [2.45, 2.75) is 90.9 Å². The van der Waals surface area contributed by atoms with Gasteiger partial charge in [-0.25, -0.2) is 0 Å². The molecule has 140 valence electrons. The second-order valence-electron chi connectivity index (χ2n) is 5.17. The molecule has 0 rings (SSSR count). The topological polar surface area (TPSA) is 74.6 Å². The predicted octanol–water partition coefficient (Wildman–Crippen LogP) is 6.17. The van der Waals surface area contributed by atoms with E-state index in [4.69, 9.17) is 10.2 Å². The van der Waals surface area contributed by atoms with Crippen molar-refractivity contribution in [1.82, 2.24) is 0 Å². The van der Waals surface area contributed by atoms with Crippen LogP contribution >= 0.6 is 25.5 Å². The minimum atomic E-state index is -0.670. The van der Waals surface area contributed by atoms with Crippen LogP contribution < -0.4 is 0 Å². The summed E-state index contributed by atoms with van der Waals surface area (Å²) in [6, 6.07) is 0. The molecule has 0 heterocycles. The molecule has 0 aromatic heterocycles. The number of aliphatic carboxylic acids is 2. The molecule has 7 heteroatoms. The van der Waals surface area contributed by atoms with Gasteiger partial charge in [-0.05, 0) is 12.8 Å². The first kappa shape index (κ1) is 28.5. The molecule has 2 N–H and O–H groups in total. The number of unbranched alkanes of at least 4 members (excludes halogenated alkanes) is 8. The number of hydrogen-bond acceptors (Lipinski definition) is 2. The normalized spacial score (nSPS) is 9.22. The van der Waals surface area contributed by atoms with Gasteiger partial charge in [-0.3, -0.25) is 9.59 Å². The van der Waals surface area contributed by atoms with Crippen LogP contribution in [-0.2, 0) is 9.59 Å². The predicted molar refractivity (Wildman–Crippen MR) is 106 cm³/mol. The van der Waals surface area contributed by atoms with Gasteiger partial charge in [0.15, 0.2) is 0 Å². The summed E-state index contributed by atoms with van der Waals surface area (Å²) >= 11 is 6.48. The van der Waals surface area contributed by atoms with Gasteiger partial charge in [0, 0.05) is 12.8 Å². The van der Waals surface area contributed by atoms with Crippen LogP contribution in [0.1, 0.15) is 90.9 Å². The van der Waals surface area contributed by atoms with E-state index in [2.05, 4.69) is 39.4 Å². The zero-order chi connectivity index (χ0) is 18.3. The zero-order valence-corrected chi connectivity index (χ0v) is 19.9. The summed E-state index contributed by atoms with van der Waals surface area (Å²) in [4.78, 5) is 20.1. The molecule has 0 unspecified atom stereocenters. The van der Waals surface area contributed by atoms with Crippen LogP contribution in [0, 0.1) is 0 Å². The third-order valence-electron chi connectivity index (χ3n) is 2.99. The largest absolute Gasteiger partial charge is 0.481 e. The van der Waals surface area contributed by atoms with Gasteiger partial charge in [0.2, 0.25) is 0 Å². The van der Waals surface area contributed by atoms with Gasteiger partial charge >= 0.3 is 54.0 Å². The second-order valence-corrected chi connectivity index (χ2v) is 15.7. The van der Waals surface area contributed by atoms with Crippen LogP contribution in [0.3, 0.4) is 0 Å². The SMILES string of the molecule is Br[Te]Br.CCCCCCCC(=O)O.CCCCCCCC(=O)O. The van der Waals surface area contributed by atoms with E-state index < -0.39 is 11.9 Å². The van der Waals surface area contributed by atoms with Crippen LogP contribution in [0.4, 0.5) is 0 Å². The zero-order valence-electron chi connectivity index (χ0n) is 14.4. The Bertz CT molecular complexity index is 230. The fourth-order valence-electron chi connectivity index (χ4n) is 1.76. The van der Waals surface area contributed by atoms with Crippen molar-refractivity contribution >= 4 is 54.0 Å². The van der Waals surface area contributed by atoms with Gasteiger partial charge in [0.25, 0.3) is 0 Å². The minimum absolute atomic E-state index is 0.0950. The van der Waals surface area contributed by atoms with Crippen molar-refractivity contribution in [3.8, 4) is 0 Å². The van der Waals surface area contributed by atoms with Crippen LogP contribution in [0.25, 0.3) is 0 Å². The van der Waals surface area contributed by atoms with Crippen LogP contribution in [-0.4, -0.2) is 38.7 Å². The third kappa shape index (κ3) is 45.0. The van der Waals surface area contributed by atoms with Gasteiger partial charge in [-0.15, -0.1) is 0 Å². The van der Waals surface area contributed by atoms with Gasteiger partial charge in [0.1, 0.15) is 0 Å². The van der Waals surface area contributed by atoms with Gasteiger partial charge < -0.3 is 10.2 Å². The molecule has 0 aliphatic carbocycles. The number of halogens is 2. The average molecular weight is 576 g/mol. The molecule has 0 atom stereocenters. The number of rotatable bonds is 12. The molecule has 0 saturated heterocycles. The van der Waals surface area contributed by atoms with Gasteiger partial charge in [-0.1, -0.05) is 65.2 Å². The summed E-state index contributed by atoms with van der Waals surface area (Å²) in [5, 5.41) is 16.5. The maximum Gasteiger partial charge on any atom is 0.303 e. The van der Waals surface area contributed by atoms with E-state index in [1.54, 1.807) is 0 Å². The smallest absolute Gasteiger partial charge is 0.303 e. The van der Waals surface area contributed by atoms with Crippen LogP contribution in [0.2, 0.25) is 0 Å². The van der Waals surface area contributed by atoms with Gasteiger partial charge in [0.05, 0.1) is 0 Å². The molecule has 0 amide bonds. The number of carbonyl (C=O) groups is 2. The Kier molecular flexibility index (Phi) is 34.1. The molecule has 0 fully saturated rings. The molecule has 0 saturated carbocycles. The minimum Gasteiger partial charge on any atom is -0.481 e. The number of carboxylic acids is 2. The Morgan fingerprint density at radius 3 is 1.17 bits per heavy atom. The van der Waals surface area contributed by atoms with E-state index in [0.29, 0.717) is 12.8 Å². The Labute approximate surface area is 163 Å². The van der Waals surface area contributed by atoms with Crippen molar-refractivity contribution in [2.24, 2.45) is 0 Å². The molecular weight excluding hydrogens is 544 g/mol. The van der Waals surface area contributed by atoms with E-state index >= 15 is 0 Å². The molecule has 0 aliphatic rings. The molecule has 0 aliphatic heterocycles. The van der Waals surface area contributed by atoms with Crippen LogP contribution in [0.5, 0.6) is 0 Å². The Hall–Kier alpha value is 0.690. The Morgan fingerprint density at radius 2 is 0.957 bits per heavy atom. The monoisotopic (exact) mass is 576 g/mol. The van der Waals surface area contributed by atoms with Crippen molar-refractivity contribution in [3.05, 3.63) is 0 Å².